The highest BCUT2D eigenvalue weighted by atomic mass is 16.6. The molecule has 1 aromatic heterocycles. The molecule has 0 aromatic carbocycles. The fraction of sp³-hybridized carbons (Fsp3) is 0.667. The zero-order chi connectivity index (χ0) is 14.1. The Kier molecular flexibility index (Phi) is 6.91. The maximum Gasteiger partial charge on any atom is 0.332 e. The first kappa shape index (κ1) is 15.5. The molecule has 0 fully saturated rings. The first-order valence-corrected chi connectivity index (χ1v) is 6.18. The van der Waals surface area contributed by atoms with Crippen molar-refractivity contribution >= 4 is 5.97 Å². The van der Waals surface area contributed by atoms with Gasteiger partial charge in [0.2, 0.25) is 5.88 Å². The predicted octanol–water partition coefficient (Wildman–Crippen LogP) is 0.0980. The molecule has 1 heterocycles. The molecule has 0 atom stereocenters. The number of aryl methyl sites for hydroxylation is 1. The molecule has 7 nitrogen and oxygen atoms in total. The summed E-state index contributed by atoms with van der Waals surface area (Å²) in [6.07, 6.45) is 0. The van der Waals surface area contributed by atoms with E-state index in [1.54, 1.807) is 18.7 Å². The highest BCUT2D eigenvalue weighted by molar-refractivity contribution is 5.70. The number of carbonyl (C=O) groups excluding carboxylic acids is 1. The molecule has 0 aliphatic carbocycles. The lowest BCUT2D eigenvalue weighted by atomic mass is 10.4. The van der Waals surface area contributed by atoms with Gasteiger partial charge in [-0.3, -0.25) is 0 Å². The van der Waals surface area contributed by atoms with Crippen molar-refractivity contribution in [2.75, 3.05) is 33.5 Å². The molecule has 0 aliphatic rings. The second kappa shape index (κ2) is 8.49. The van der Waals surface area contributed by atoms with Gasteiger partial charge in [-0.25, -0.2) is 9.48 Å². The van der Waals surface area contributed by atoms with Crippen molar-refractivity contribution in [1.82, 2.24) is 15.1 Å². The second-order valence-corrected chi connectivity index (χ2v) is 3.84. The lowest BCUT2D eigenvalue weighted by Gasteiger charge is -2.04. The molecule has 19 heavy (non-hydrogen) atoms. The smallest absolute Gasteiger partial charge is 0.332 e. The number of hydrogen-bond donors (Lipinski definition) is 1. The SMILES string of the molecule is CCOC(=O)COCCNCc1cc(OC)n(C)n1. The number of ether oxygens (including phenoxy) is 3. The number of methoxy groups -OCH3 is 1. The molecule has 1 aromatic rings. The van der Waals surface area contributed by atoms with Crippen molar-refractivity contribution in [3.05, 3.63) is 11.8 Å². The first-order valence-electron chi connectivity index (χ1n) is 6.18. The summed E-state index contributed by atoms with van der Waals surface area (Å²) in [6, 6.07) is 1.87. The van der Waals surface area contributed by atoms with Crippen LogP contribution in [0.1, 0.15) is 12.6 Å². The van der Waals surface area contributed by atoms with Crippen LogP contribution in [0.15, 0.2) is 6.07 Å². The largest absolute Gasteiger partial charge is 0.481 e. The van der Waals surface area contributed by atoms with Gasteiger partial charge in [0.25, 0.3) is 0 Å². The maximum absolute atomic E-state index is 11.0. The van der Waals surface area contributed by atoms with Crippen molar-refractivity contribution in [2.24, 2.45) is 7.05 Å². The molecule has 0 spiro atoms. The van der Waals surface area contributed by atoms with Crippen molar-refractivity contribution in [1.29, 1.82) is 0 Å². The van der Waals surface area contributed by atoms with E-state index in [1.165, 1.54) is 0 Å². The van der Waals surface area contributed by atoms with Crippen LogP contribution >= 0.6 is 0 Å². The molecule has 0 amide bonds. The average molecular weight is 271 g/mol. The summed E-state index contributed by atoms with van der Waals surface area (Å²) in [6.45, 7) is 3.84. The summed E-state index contributed by atoms with van der Waals surface area (Å²) >= 11 is 0. The Morgan fingerprint density at radius 2 is 2.32 bits per heavy atom. The first-order chi connectivity index (χ1) is 9.17. The van der Waals surface area contributed by atoms with Crippen LogP contribution in [0.3, 0.4) is 0 Å². The van der Waals surface area contributed by atoms with Crippen LogP contribution in [0.4, 0.5) is 0 Å². The van der Waals surface area contributed by atoms with Gasteiger partial charge in [0.1, 0.15) is 6.61 Å². The Hall–Kier alpha value is -1.60. The number of hydrogen-bond acceptors (Lipinski definition) is 6. The van der Waals surface area contributed by atoms with Crippen LogP contribution in [0.25, 0.3) is 0 Å². The van der Waals surface area contributed by atoms with Crippen LogP contribution in [-0.2, 0) is 27.9 Å². The van der Waals surface area contributed by atoms with Crippen LogP contribution in [-0.4, -0.2) is 49.2 Å². The molecular formula is C12H21N3O4. The predicted molar refractivity (Wildman–Crippen MR) is 68.9 cm³/mol. The number of nitrogens with zero attached hydrogens (tertiary/aromatic N) is 2. The average Bonchev–Trinajstić information content (AvgIpc) is 2.74. The molecule has 0 bridgehead atoms. The Morgan fingerprint density at radius 1 is 1.53 bits per heavy atom. The number of aromatic nitrogens is 2. The normalized spacial score (nSPS) is 10.5. The van der Waals surface area contributed by atoms with Gasteiger partial charge < -0.3 is 19.5 Å². The lowest BCUT2D eigenvalue weighted by Crippen LogP contribution is -2.22. The van der Waals surface area contributed by atoms with E-state index in [0.29, 0.717) is 26.3 Å². The quantitative estimate of drug-likeness (QED) is 0.507. The van der Waals surface area contributed by atoms with Gasteiger partial charge >= 0.3 is 5.97 Å². The standard InChI is InChI=1S/C12H21N3O4/c1-4-19-12(16)9-18-6-5-13-8-10-7-11(17-3)15(2)14-10/h7,13H,4-6,8-9H2,1-3H3. The maximum atomic E-state index is 11.0. The van der Waals surface area contributed by atoms with E-state index < -0.39 is 0 Å². The van der Waals surface area contributed by atoms with Crippen LogP contribution in [0.2, 0.25) is 0 Å². The number of esters is 1. The fourth-order valence-electron chi connectivity index (χ4n) is 1.50. The topological polar surface area (TPSA) is 74.6 Å². The summed E-state index contributed by atoms with van der Waals surface area (Å²) in [5.74, 6) is 0.382. The third-order valence-electron chi connectivity index (χ3n) is 2.35. The van der Waals surface area contributed by atoms with Gasteiger partial charge in [-0.05, 0) is 6.92 Å². The van der Waals surface area contributed by atoms with Crippen molar-refractivity contribution in [3.63, 3.8) is 0 Å². The molecule has 0 saturated carbocycles. The summed E-state index contributed by atoms with van der Waals surface area (Å²) in [5.41, 5.74) is 0.893. The minimum atomic E-state index is -0.336. The van der Waals surface area contributed by atoms with E-state index in [1.807, 2.05) is 13.1 Å². The molecule has 0 aliphatic heterocycles. The molecule has 108 valence electrons. The minimum Gasteiger partial charge on any atom is -0.481 e. The van der Waals surface area contributed by atoms with E-state index in [0.717, 1.165) is 11.6 Å². The molecule has 1 rings (SSSR count). The summed E-state index contributed by atoms with van der Waals surface area (Å²) in [5, 5.41) is 7.43. The number of carbonyl (C=O) groups is 1. The molecular weight excluding hydrogens is 250 g/mol. The summed E-state index contributed by atoms with van der Waals surface area (Å²) < 4.78 is 16.7. The molecule has 1 N–H and O–H groups in total. The van der Waals surface area contributed by atoms with E-state index in [2.05, 4.69) is 10.4 Å². The van der Waals surface area contributed by atoms with Gasteiger partial charge in [0.05, 0.1) is 26.0 Å². The Balaban J connectivity index is 2.09. The molecule has 7 heteroatoms. The number of nitrogens with one attached hydrogen (secondary N) is 1. The van der Waals surface area contributed by atoms with Gasteiger partial charge in [0.15, 0.2) is 0 Å². The number of rotatable bonds is 9. The van der Waals surface area contributed by atoms with Crippen molar-refractivity contribution < 1.29 is 19.0 Å². The highest BCUT2D eigenvalue weighted by Gasteiger charge is 2.04. The van der Waals surface area contributed by atoms with E-state index in [-0.39, 0.29) is 12.6 Å². The third-order valence-corrected chi connectivity index (χ3v) is 2.35. The van der Waals surface area contributed by atoms with Crippen LogP contribution in [0, 0.1) is 0 Å². The van der Waals surface area contributed by atoms with E-state index in [4.69, 9.17) is 14.2 Å². The fourth-order valence-corrected chi connectivity index (χ4v) is 1.50. The highest BCUT2D eigenvalue weighted by Crippen LogP contribution is 2.10. The lowest BCUT2D eigenvalue weighted by molar-refractivity contribution is -0.148. The summed E-state index contributed by atoms with van der Waals surface area (Å²) in [7, 11) is 3.43. The van der Waals surface area contributed by atoms with Crippen LogP contribution < -0.4 is 10.1 Å². The molecule has 0 saturated heterocycles. The zero-order valence-corrected chi connectivity index (χ0v) is 11.6. The van der Waals surface area contributed by atoms with Crippen molar-refractivity contribution in [3.8, 4) is 5.88 Å². The van der Waals surface area contributed by atoms with Crippen molar-refractivity contribution in [2.45, 2.75) is 13.5 Å². The Bertz CT molecular complexity index is 392. The van der Waals surface area contributed by atoms with Gasteiger partial charge in [0, 0.05) is 26.2 Å². The Labute approximate surface area is 112 Å². The molecule has 0 radical (unpaired) electrons. The van der Waals surface area contributed by atoms with Gasteiger partial charge in [-0.2, -0.15) is 5.10 Å². The Morgan fingerprint density at radius 3 is 2.95 bits per heavy atom. The zero-order valence-electron chi connectivity index (χ0n) is 11.6. The van der Waals surface area contributed by atoms with E-state index >= 15 is 0 Å². The van der Waals surface area contributed by atoms with E-state index in [9.17, 15) is 4.79 Å². The second-order valence-electron chi connectivity index (χ2n) is 3.84. The third kappa shape index (κ3) is 5.71. The van der Waals surface area contributed by atoms with Gasteiger partial charge in [-0.1, -0.05) is 0 Å². The monoisotopic (exact) mass is 271 g/mol. The van der Waals surface area contributed by atoms with Crippen LogP contribution in [0.5, 0.6) is 5.88 Å². The minimum absolute atomic E-state index is 0.00701. The molecule has 0 unspecified atom stereocenters. The van der Waals surface area contributed by atoms with Gasteiger partial charge in [-0.15, -0.1) is 0 Å². The summed E-state index contributed by atoms with van der Waals surface area (Å²) in [4.78, 5) is 11.0.